The molecule has 0 aliphatic carbocycles. The van der Waals surface area contributed by atoms with E-state index < -0.39 is 17.6 Å². The van der Waals surface area contributed by atoms with Crippen LogP contribution >= 0.6 is 0 Å². The molecule has 0 aromatic heterocycles. The first-order chi connectivity index (χ1) is 6.91. The molecule has 0 bridgehead atoms. The minimum absolute atomic E-state index is 0.107. The molecule has 0 aliphatic rings. The van der Waals surface area contributed by atoms with Crippen LogP contribution in [0.4, 0.5) is 14.5 Å². The number of carboxylic acid groups (broad SMARTS) is 1. The number of nitrogens with two attached hydrogens (primary N) is 1. The number of rotatable bonds is 2. The summed E-state index contributed by atoms with van der Waals surface area (Å²) in [7, 11) is 0. The van der Waals surface area contributed by atoms with E-state index in [1.54, 1.807) is 0 Å². The lowest BCUT2D eigenvalue weighted by Gasteiger charge is -2.04. The normalized spacial score (nSPS) is 11.5. The maximum Gasteiger partial charge on any atom is 0.328 e. The number of hydrogen-bond acceptors (Lipinski definition) is 2. The Morgan fingerprint density at radius 3 is 2.53 bits per heavy atom. The zero-order valence-corrected chi connectivity index (χ0v) is 7.92. The van der Waals surface area contributed by atoms with Crippen LogP contribution in [0.2, 0.25) is 0 Å². The summed E-state index contributed by atoms with van der Waals surface area (Å²) in [5.74, 6) is -2.74. The van der Waals surface area contributed by atoms with Crippen LogP contribution < -0.4 is 5.73 Å². The van der Waals surface area contributed by atoms with Gasteiger partial charge in [-0.25, -0.2) is 13.6 Å². The summed E-state index contributed by atoms with van der Waals surface area (Å²) in [6, 6.07) is 1.70. The highest BCUT2D eigenvalue weighted by atomic mass is 19.1. The fourth-order valence-corrected chi connectivity index (χ4v) is 1.13. The first kappa shape index (κ1) is 11.2. The summed E-state index contributed by atoms with van der Waals surface area (Å²) in [4.78, 5) is 10.3. The molecule has 0 spiro atoms. The maximum atomic E-state index is 13.3. The second kappa shape index (κ2) is 4.08. The minimum Gasteiger partial charge on any atom is -0.478 e. The molecular formula is C10H9F2NO2. The monoisotopic (exact) mass is 213 g/mol. The molecule has 0 unspecified atom stereocenters. The van der Waals surface area contributed by atoms with E-state index in [1.165, 1.54) is 6.92 Å². The number of nitrogen functional groups attached to an aromatic ring is 1. The zero-order valence-electron chi connectivity index (χ0n) is 7.92. The molecule has 5 heteroatoms. The molecule has 0 radical (unpaired) electrons. The topological polar surface area (TPSA) is 63.3 Å². The first-order valence-electron chi connectivity index (χ1n) is 4.08. The van der Waals surface area contributed by atoms with E-state index in [-0.39, 0.29) is 16.8 Å². The van der Waals surface area contributed by atoms with Gasteiger partial charge in [0.05, 0.1) is 5.69 Å². The third kappa shape index (κ3) is 2.52. The third-order valence-electron chi connectivity index (χ3n) is 1.85. The Hall–Kier alpha value is -1.91. The number of hydrogen-bond donors (Lipinski definition) is 2. The van der Waals surface area contributed by atoms with Crippen LogP contribution in [0.25, 0.3) is 5.57 Å². The average molecular weight is 213 g/mol. The van der Waals surface area contributed by atoms with Crippen molar-refractivity contribution >= 4 is 17.2 Å². The van der Waals surface area contributed by atoms with E-state index in [9.17, 15) is 13.6 Å². The summed E-state index contributed by atoms with van der Waals surface area (Å²) in [6.07, 6.45) is 0.800. The predicted molar refractivity (Wildman–Crippen MR) is 52.1 cm³/mol. The molecule has 80 valence electrons. The zero-order chi connectivity index (χ0) is 11.6. The standard InChI is InChI=1S/C10H9F2NO2/c1-5(2-10(14)15)6-3-8(12)9(13)4-7(6)11/h2-4H,13H2,1H3,(H,14,15)/b5-2-. The predicted octanol–water partition coefficient (Wildman–Crippen LogP) is 2.03. The van der Waals surface area contributed by atoms with E-state index in [0.717, 1.165) is 18.2 Å². The van der Waals surface area contributed by atoms with Crippen LogP contribution in [-0.4, -0.2) is 11.1 Å². The van der Waals surface area contributed by atoms with Gasteiger partial charge >= 0.3 is 5.97 Å². The molecule has 15 heavy (non-hydrogen) atoms. The van der Waals surface area contributed by atoms with Crippen LogP contribution in [0.5, 0.6) is 0 Å². The summed E-state index contributed by atoms with van der Waals surface area (Å²) >= 11 is 0. The third-order valence-corrected chi connectivity index (χ3v) is 1.85. The Labute approximate surface area is 84.8 Å². The SMILES string of the molecule is C/C(=C/C(=O)O)c1cc(F)c(N)cc1F. The Morgan fingerprint density at radius 1 is 1.40 bits per heavy atom. The Bertz CT molecular complexity index is 441. The maximum absolute atomic E-state index is 13.3. The van der Waals surface area contributed by atoms with Crippen LogP contribution in [0, 0.1) is 11.6 Å². The smallest absolute Gasteiger partial charge is 0.328 e. The molecule has 0 saturated carbocycles. The first-order valence-corrected chi connectivity index (χ1v) is 4.08. The van der Waals surface area contributed by atoms with Gasteiger partial charge < -0.3 is 10.8 Å². The van der Waals surface area contributed by atoms with Crippen molar-refractivity contribution < 1.29 is 18.7 Å². The van der Waals surface area contributed by atoms with Gasteiger partial charge in [0.1, 0.15) is 11.6 Å². The largest absolute Gasteiger partial charge is 0.478 e. The van der Waals surface area contributed by atoms with Gasteiger partial charge in [0, 0.05) is 17.7 Å². The number of carbonyl (C=O) groups is 1. The summed E-state index contributed by atoms with van der Waals surface area (Å²) in [5.41, 5.74) is 4.85. The lowest BCUT2D eigenvalue weighted by atomic mass is 10.1. The average Bonchev–Trinajstić information content (AvgIpc) is 2.09. The summed E-state index contributed by atoms with van der Waals surface area (Å²) in [6.45, 7) is 1.38. The van der Waals surface area contributed by atoms with Crippen molar-refractivity contribution in [1.82, 2.24) is 0 Å². The molecule has 1 aromatic rings. The van der Waals surface area contributed by atoms with Crippen molar-refractivity contribution in [3.8, 4) is 0 Å². The lowest BCUT2D eigenvalue weighted by Crippen LogP contribution is -1.97. The summed E-state index contributed by atoms with van der Waals surface area (Å²) in [5, 5.41) is 8.44. The van der Waals surface area contributed by atoms with E-state index in [0.29, 0.717) is 0 Å². The summed E-state index contributed by atoms with van der Waals surface area (Å²) < 4.78 is 26.2. The highest BCUT2D eigenvalue weighted by Gasteiger charge is 2.09. The second-order valence-corrected chi connectivity index (χ2v) is 3.02. The number of anilines is 1. The molecule has 0 saturated heterocycles. The van der Waals surface area contributed by atoms with Crippen molar-refractivity contribution in [1.29, 1.82) is 0 Å². The number of benzene rings is 1. The van der Waals surface area contributed by atoms with Gasteiger partial charge in [-0.3, -0.25) is 0 Å². The number of halogens is 2. The number of carboxylic acids is 1. The molecular weight excluding hydrogens is 204 g/mol. The van der Waals surface area contributed by atoms with Crippen molar-refractivity contribution in [2.24, 2.45) is 0 Å². The van der Waals surface area contributed by atoms with Gasteiger partial charge in [-0.1, -0.05) is 0 Å². The van der Waals surface area contributed by atoms with Crippen molar-refractivity contribution in [2.75, 3.05) is 5.73 Å². The second-order valence-electron chi connectivity index (χ2n) is 3.02. The fourth-order valence-electron chi connectivity index (χ4n) is 1.13. The van der Waals surface area contributed by atoms with Crippen molar-refractivity contribution in [3.63, 3.8) is 0 Å². The molecule has 3 N–H and O–H groups in total. The van der Waals surface area contributed by atoms with E-state index in [4.69, 9.17) is 10.8 Å². The van der Waals surface area contributed by atoms with Crippen LogP contribution in [0.15, 0.2) is 18.2 Å². The molecule has 0 heterocycles. The van der Waals surface area contributed by atoms with Gasteiger partial charge in [-0.2, -0.15) is 0 Å². The Morgan fingerprint density at radius 2 is 2.00 bits per heavy atom. The van der Waals surface area contributed by atoms with E-state index >= 15 is 0 Å². The molecule has 3 nitrogen and oxygen atoms in total. The highest BCUT2D eigenvalue weighted by molar-refractivity contribution is 5.89. The van der Waals surface area contributed by atoms with Gasteiger partial charge in [-0.05, 0) is 18.6 Å². The molecule has 1 rings (SSSR count). The van der Waals surface area contributed by atoms with Gasteiger partial charge in [0.15, 0.2) is 0 Å². The molecule has 0 fully saturated rings. The fraction of sp³-hybridized carbons (Fsp3) is 0.100. The van der Waals surface area contributed by atoms with Gasteiger partial charge in [0.25, 0.3) is 0 Å². The Kier molecular flexibility index (Phi) is 3.04. The number of aliphatic carboxylic acids is 1. The van der Waals surface area contributed by atoms with E-state index in [1.807, 2.05) is 0 Å². The van der Waals surface area contributed by atoms with Crippen molar-refractivity contribution in [2.45, 2.75) is 6.92 Å². The molecule has 0 amide bonds. The molecule has 0 atom stereocenters. The highest BCUT2D eigenvalue weighted by Crippen LogP contribution is 2.22. The van der Waals surface area contributed by atoms with E-state index in [2.05, 4.69) is 0 Å². The molecule has 0 aliphatic heterocycles. The minimum atomic E-state index is -1.22. The van der Waals surface area contributed by atoms with Crippen LogP contribution in [0.1, 0.15) is 12.5 Å². The van der Waals surface area contributed by atoms with Gasteiger partial charge in [-0.15, -0.1) is 0 Å². The quantitative estimate of drug-likeness (QED) is 0.583. The van der Waals surface area contributed by atoms with Gasteiger partial charge in [0.2, 0.25) is 0 Å². The lowest BCUT2D eigenvalue weighted by molar-refractivity contribution is -0.131. The number of allylic oxidation sites excluding steroid dienone is 1. The van der Waals surface area contributed by atoms with Crippen LogP contribution in [-0.2, 0) is 4.79 Å². The van der Waals surface area contributed by atoms with Crippen LogP contribution in [0.3, 0.4) is 0 Å². The Balaban J connectivity index is 3.26. The molecule has 1 aromatic carbocycles. The van der Waals surface area contributed by atoms with Crippen molar-refractivity contribution in [3.05, 3.63) is 35.4 Å².